The average molecular weight is 308 g/mol. The fourth-order valence-electron chi connectivity index (χ4n) is 2.48. The van der Waals surface area contributed by atoms with Crippen LogP contribution in [0.4, 0.5) is 10.5 Å². The summed E-state index contributed by atoms with van der Waals surface area (Å²) >= 11 is 0. The van der Waals surface area contributed by atoms with E-state index in [-0.39, 0.29) is 11.6 Å². The number of carbonyl (C=O) groups is 1. The zero-order chi connectivity index (χ0) is 16.4. The SMILES string of the molecule is CC(C)(C)NC(=O)Nc1c(-c2cccnc2)[nH]c2ccccc12. The molecule has 5 nitrogen and oxygen atoms in total. The lowest BCUT2D eigenvalue weighted by Crippen LogP contribution is -2.43. The zero-order valence-corrected chi connectivity index (χ0v) is 13.5. The Balaban J connectivity index is 2.05. The van der Waals surface area contributed by atoms with Crippen LogP contribution in [0.5, 0.6) is 0 Å². The molecule has 0 fully saturated rings. The van der Waals surface area contributed by atoms with Crippen LogP contribution in [0.3, 0.4) is 0 Å². The number of amides is 2. The largest absolute Gasteiger partial charge is 0.353 e. The van der Waals surface area contributed by atoms with Gasteiger partial charge in [0, 0.05) is 34.4 Å². The van der Waals surface area contributed by atoms with Gasteiger partial charge in [-0.05, 0) is 39.0 Å². The molecule has 23 heavy (non-hydrogen) atoms. The quantitative estimate of drug-likeness (QED) is 0.665. The third-order valence-corrected chi connectivity index (χ3v) is 3.38. The highest BCUT2D eigenvalue weighted by atomic mass is 16.2. The van der Waals surface area contributed by atoms with Gasteiger partial charge in [-0.25, -0.2) is 4.79 Å². The van der Waals surface area contributed by atoms with Gasteiger partial charge in [0.15, 0.2) is 0 Å². The van der Waals surface area contributed by atoms with Gasteiger partial charge in [-0.1, -0.05) is 18.2 Å². The predicted octanol–water partition coefficient (Wildman–Crippen LogP) is 4.15. The number of H-pyrrole nitrogens is 1. The summed E-state index contributed by atoms with van der Waals surface area (Å²) in [5, 5.41) is 6.87. The number of rotatable bonds is 2. The van der Waals surface area contributed by atoms with Crippen molar-refractivity contribution in [2.24, 2.45) is 0 Å². The van der Waals surface area contributed by atoms with Crippen molar-refractivity contribution in [3.63, 3.8) is 0 Å². The van der Waals surface area contributed by atoms with E-state index >= 15 is 0 Å². The number of benzene rings is 1. The lowest BCUT2D eigenvalue weighted by atomic mass is 10.1. The zero-order valence-electron chi connectivity index (χ0n) is 13.5. The Morgan fingerprint density at radius 1 is 1.13 bits per heavy atom. The smallest absolute Gasteiger partial charge is 0.319 e. The minimum Gasteiger partial charge on any atom is -0.353 e. The first-order valence-corrected chi connectivity index (χ1v) is 7.54. The van der Waals surface area contributed by atoms with Crippen LogP contribution >= 0.6 is 0 Å². The number of carbonyl (C=O) groups excluding carboxylic acids is 1. The Bertz CT molecular complexity index is 831. The summed E-state index contributed by atoms with van der Waals surface area (Å²) < 4.78 is 0. The number of pyridine rings is 1. The lowest BCUT2D eigenvalue weighted by Gasteiger charge is -2.21. The number of hydrogen-bond acceptors (Lipinski definition) is 2. The fraction of sp³-hybridized carbons (Fsp3) is 0.222. The second-order valence-corrected chi connectivity index (χ2v) is 6.49. The normalized spacial score (nSPS) is 11.4. The first-order valence-electron chi connectivity index (χ1n) is 7.54. The molecule has 0 atom stereocenters. The molecule has 0 unspecified atom stereocenters. The van der Waals surface area contributed by atoms with Gasteiger partial charge < -0.3 is 15.6 Å². The lowest BCUT2D eigenvalue weighted by molar-refractivity contribution is 0.244. The first kappa shape index (κ1) is 15.1. The average Bonchev–Trinajstić information content (AvgIpc) is 2.85. The molecule has 118 valence electrons. The van der Waals surface area contributed by atoms with Gasteiger partial charge in [-0.3, -0.25) is 4.98 Å². The number of anilines is 1. The van der Waals surface area contributed by atoms with Gasteiger partial charge in [-0.15, -0.1) is 0 Å². The van der Waals surface area contributed by atoms with Gasteiger partial charge in [0.1, 0.15) is 0 Å². The summed E-state index contributed by atoms with van der Waals surface area (Å²) in [5.74, 6) is 0. The van der Waals surface area contributed by atoms with E-state index in [2.05, 4.69) is 20.6 Å². The number of aromatic nitrogens is 2. The minimum atomic E-state index is -0.301. The molecule has 3 aromatic rings. The molecule has 3 N–H and O–H groups in total. The molecule has 1 aromatic carbocycles. The summed E-state index contributed by atoms with van der Waals surface area (Å²) in [4.78, 5) is 19.8. The van der Waals surface area contributed by atoms with Crippen LogP contribution in [0, 0.1) is 0 Å². The maximum atomic E-state index is 12.3. The van der Waals surface area contributed by atoms with Crippen molar-refractivity contribution in [2.75, 3.05) is 5.32 Å². The fourth-order valence-corrected chi connectivity index (χ4v) is 2.48. The standard InChI is InChI=1S/C18H20N4O/c1-18(2,3)22-17(23)21-16-13-8-4-5-9-14(13)20-15(16)12-7-6-10-19-11-12/h4-11,20H,1-3H3,(H2,21,22,23). The van der Waals surface area contributed by atoms with Crippen molar-refractivity contribution < 1.29 is 4.79 Å². The number of nitrogens with one attached hydrogen (secondary N) is 3. The number of aromatic amines is 1. The summed E-state index contributed by atoms with van der Waals surface area (Å²) in [5.41, 5.74) is 3.20. The van der Waals surface area contributed by atoms with E-state index in [0.717, 1.165) is 27.8 Å². The van der Waals surface area contributed by atoms with E-state index < -0.39 is 0 Å². The first-order chi connectivity index (χ1) is 10.9. The third kappa shape index (κ3) is 3.34. The number of nitrogens with zero attached hydrogens (tertiary/aromatic N) is 1. The molecule has 0 bridgehead atoms. The highest BCUT2D eigenvalue weighted by Crippen LogP contribution is 2.34. The number of para-hydroxylation sites is 1. The van der Waals surface area contributed by atoms with E-state index in [1.807, 2.05) is 57.2 Å². The summed E-state index contributed by atoms with van der Waals surface area (Å²) in [6.07, 6.45) is 3.50. The molecule has 0 spiro atoms. The molecule has 0 aliphatic rings. The van der Waals surface area contributed by atoms with E-state index in [1.165, 1.54) is 0 Å². The van der Waals surface area contributed by atoms with Crippen LogP contribution in [-0.4, -0.2) is 21.5 Å². The monoisotopic (exact) mass is 308 g/mol. The van der Waals surface area contributed by atoms with Crippen LogP contribution in [0.1, 0.15) is 20.8 Å². The van der Waals surface area contributed by atoms with Crippen molar-refractivity contribution in [3.8, 4) is 11.3 Å². The molecule has 2 heterocycles. The summed E-state index contributed by atoms with van der Waals surface area (Å²) in [7, 11) is 0. The van der Waals surface area contributed by atoms with Crippen molar-refractivity contribution in [2.45, 2.75) is 26.3 Å². The van der Waals surface area contributed by atoms with Crippen LogP contribution in [0.2, 0.25) is 0 Å². The highest BCUT2D eigenvalue weighted by molar-refractivity contribution is 6.07. The van der Waals surface area contributed by atoms with Gasteiger partial charge in [0.25, 0.3) is 0 Å². The Morgan fingerprint density at radius 2 is 1.91 bits per heavy atom. The molecule has 3 rings (SSSR count). The maximum absolute atomic E-state index is 12.3. The molecule has 0 aliphatic heterocycles. The number of fused-ring (bicyclic) bond motifs is 1. The van der Waals surface area contributed by atoms with Crippen LogP contribution in [0.25, 0.3) is 22.2 Å². The van der Waals surface area contributed by atoms with Crippen molar-refractivity contribution in [1.82, 2.24) is 15.3 Å². The van der Waals surface area contributed by atoms with Gasteiger partial charge in [0.2, 0.25) is 0 Å². The molecule has 2 amide bonds. The third-order valence-electron chi connectivity index (χ3n) is 3.38. The Labute approximate surface area is 135 Å². The Kier molecular flexibility index (Phi) is 3.78. The topological polar surface area (TPSA) is 69.8 Å². The number of urea groups is 1. The van der Waals surface area contributed by atoms with Crippen molar-refractivity contribution in [1.29, 1.82) is 0 Å². The van der Waals surface area contributed by atoms with Gasteiger partial charge in [0.05, 0.1) is 11.4 Å². The minimum absolute atomic E-state index is 0.229. The molecule has 0 saturated heterocycles. The van der Waals surface area contributed by atoms with E-state index in [9.17, 15) is 4.79 Å². The van der Waals surface area contributed by atoms with E-state index in [1.54, 1.807) is 12.4 Å². The molecular weight excluding hydrogens is 288 g/mol. The second-order valence-electron chi connectivity index (χ2n) is 6.49. The van der Waals surface area contributed by atoms with Crippen LogP contribution in [-0.2, 0) is 0 Å². The summed E-state index contributed by atoms with van der Waals surface area (Å²) in [6.45, 7) is 5.84. The van der Waals surface area contributed by atoms with Gasteiger partial charge in [-0.2, -0.15) is 0 Å². The molecule has 0 radical (unpaired) electrons. The van der Waals surface area contributed by atoms with Crippen molar-refractivity contribution in [3.05, 3.63) is 48.8 Å². The van der Waals surface area contributed by atoms with Crippen molar-refractivity contribution >= 4 is 22.6 Å². The van der Waals surface area contributed by atoms with Crippen LogP contribution < -0.4 is 10.6 Å². The summed E-state index contributed by atoms with van der Waals surface area (Å²) in [6, 6.07) is 11.5. The predicted molar refractivity (Wildman–Crippen MR) is 93.4 cm³/mol. The molecule has 2 aromatic heterocycles. The maximum Gasteiger partial charge on any atom is 0.319 e. The van der Waals surface area contributed by atoms with E-state index in [0.29, 0.717) is 0 Å². The Morgan fingerprint density at radius 3 is 2.61 bits per heavy atom. The second kappa shape index (κ2) is 5.76. The highest BCUT2D eigenvalue weighted by Gasteiger charge is 2.18. The Hall–Kier alpha value is -2.82. The van der Waals surface area contributed by atoms with Crippen LogP contribution in [0.15, 0.2) is 48.8 Å². The molecule has 0 aliphatic carbocycles. The van der Waals surface area contributed by atoms with Gasteiger partial charge >= 0.3 is 6.03 Å². The molecule has 0 saturated carbocycles. The molecule has 5 heteroatoms. The van der Waals surface area contributed by atoms with E-state index in [4.69, 9.17) is 0 Å². The molecular formula is C18H20N4O. The number of hydrogen-bond donors (Lipinski definition) is 3.